The molecule has 172 valence electrons. The Bertz CT molecular complexity index is 1150. The van der Waals surface area contributed by atoms with Crippen LogP contribution in [0.2, 0.25) is 0 Å². The summed E-state index contributed by atoms with van der Waals surface area (Å²) in [4.78, 5) is 0. The molecule has 3 aromatic carbocycles. The molecule has 2 aliphatic rings. The average molecular weight is 450 g/mol. The molecule has 3 aromatic rings. The summed E-state index contributed by atoms with van der Waals surface area (Å²) in [6.45, 7) is 2.37. The summed E-state index contributed by atoms with van der Waals surface area (Å²) >= 11 is 0. The molecule has 0 spiro atoms. The first kappa shape index (κ1) is 21.1. The van der Waals surface area contributed by atoms with Gasteiger partial charge in [-0.15, -0.1) is 0 Å². The smallest absolute Gasteiger partial charge is 0.231 e. The van der Waals surface area contributed by atoms with Crippen molar-refractivity contribution in [2.75, 3.05) is 33.4 Å². The molecule has 7 heteroatoms. The normalized spacial score (nSPS) is 20.4. The Morgan fingerprint density at radius 2 is 1.58 bits per heavy atom. The van der Waals surface area contributed by atoms with E-state index in [0.29, 0.717) is 17.2 Å². The van der Waals surface area contributed by atoms with E-state index in [-0.39, 0.29) is 24.9 Å². The molecule has 33 heavy (non-hydrogen) atoms. The summed E-state index contributed by atoms with van der Waals surface area (Å²) in [5.41, 5.74) is 2.98. The predicted octanol–water partition coefficient (Wildman–Crippen LogP) is 5.04. The zero-order chi connectivity index (χ0) is 22.9. The van der Waals surface area contributed by atoms with Gasteiger partial charge < -0.3 is 33.7 Å². The number of anilines is 1. The molecule has 0 amide bonds. The average Bonchev–Trinajstić information content (AvgIpc) is 3.30. The van der Waals surface area contributed by atoms with Crippen LogP contribution in [0.25, 0.3) is 0 Å². The third-order valence-corrected chi connectivity index (χ3v) is 6.26. The predicted molar refractivity (Wildman–Crippen MR) is 124 cm³/mol. The van der Waals surface area contributed by atoms with Crippen LogP contribution in [-0.2, 0) is 0 Å². The third kappa shape index (κ3) is 3.73. The van der Waals surface area contributed by atoms with Gasteiger partial charge in [0.15, 0.2) is 29.2 Å². The van der Waals surface area contributed by atoms with Crippen molar-refractivity contribution in [2.24, 2.45) is 5.92 Å². The van der Waals surface area contributed by atoms with Crippen LogP contribution in [0.3, 0.4) is 0 Å². The fourth-order valence-corrected chi connectivity index (χ4v) is 4.61. The Balaban J connectivity index is 1.59. The minimum atomic E-state index is -0.299. The standard InChI is InChI=1S/C26H27NO6/c1-15-24(18-6-5-7-20(29-3)25(18)30-4)19-12-22-23(32-14-31-22)13-21(19)33-26(15)27-16-8-10-17(28-2)11-9-16/h5-13,15,24,26-27H,14H2,1-4H3/t15-,24+,26-/m0/s1. The molecule has 0 fully saturated rings. The summed E-state index contributed by atoms with van der Waals surface area (Å²) in [5, 5.41) is 3.53. The van der Waals surface area contributed by atoms with E-state index in [0.717, 1.165) is 34.1 Å². The van der Waals surface area contributed by atoms with Crippen LogP contribution in [0, 0.1) is 5.92 Å². The van der Waals surface area contributed by atoms with Crippen molar-refractivity contribution in [1.82, 2.24) is 0 Å². The molecule has 0 saturated heterocycles. The van der Waals surface area contributed by atoms with Crippen molar-refractivity contribution >= 4 is 5.69 Å². The monoisotopic (exact) mass is 449 g/mol. The molecule has 1 N–H and O–H groups in total. The van der Waals surface area contributed by atoms with Crippen LogP contribution in [0.1, 0.15) is 24.0 Å². The molecule has 0 radical (unpaired) electrons. The highest BCUT2D eigenvalue weighted by Crippen LogP contribution is 2.52. The van der Waals surface area contributed by atoms with Crippen molar-refractivity contribution < 1.29 is 28.4 Å². The van der Waals surface area contributed by atoms with Crippen LogP contribution >= 0.6 is 0 Å². The van der Waals surface area contributed by atoms with Gasteiger partial charge in [0, 0.05) is 34.7 Å². The highest BCUT2D eigenvalue weighted by atomic mass is 16.7. The summed E-state index contributed by atoms with van der Waals surface area (Å²) in [5.74, 6) is 4.36. The van der Waals surface area contributed by atoms with Gasteiger partial charge in [0.05, 0.1) is 21.3 Å². The van der Waals surface area contributed by atoms with E-state index >= 15 is 0 Å². The molecule has 0 saturated carbocycles. The van der Waals surface area contributed by atoms with E-state index in [9.17, 15) is 0 Å². The SMILES string of the molecule is COc1ccc(N[C@H]2Oc3cc4c(cc3[C@@H](c3cccc(OC)c3OC)[C@@H]2C)OCO4)cc1. The molecular weight excluding hydrogens is 422 g/mol. The van der Waals surface area contributed by atoms with Gasteiger partial charge in [-0.1, -0.05) is 19.1 Å². The van der Waals surface area contributed by atoms with Gasteiger partial charge in [0.1, 0.15) is 11.5 Å². The van der Waals surface area contributed by atoms with Crippen LogP contribution in [0.4, 0.5) is 5.69 Å². The molecule has 0 aromatic heterocycles. The third-order valence-electron chi connectivity index (χ3n) is 6.26. The number of hydrogen-bond donors (Lipinski definition) is 1. The maximum atomic E-state index is 6.46. The molecule has 7 nitrogen and oxygen atoms in total. The quantitative estimate of drug-likeness (QED) is 0.565. The van der Waals surface area contributed by atoms with Crippen molar-refractivity contribution in [2.45, 2.75) is 19.1 Å². The number of nitrogens with one attached hydrogen (secondary N) is 1. The Morgan fingerprint density at radius 1 is 0.818 bits per heavy atom. The van der Waals surface area contributed by atoms with E-state index in [1.165, 1.54) is 0 Å². The molecule has 0 unspecified atom stereocenters. The summed E-state index contributed by atoms with van der Waals surface area (Å²) in [6, 6.07) is 17.7. The van der Waals surface area contributed by atoms with Crippen molar-refractivity contribution in [3.8, 4) is 34.5 Å². The van der Waals surface area contributed by atoms with Crippen LogP contribution < -0.4 is 33.7 Å². The molecule has 3 atom stereocenters. The highest BCUT2D eigenvalue weighted by Gasteiger charge is 2.40. The molecule has 5 rings (SSSR count). The molecule has 2 aliphatic heterocycles. The molecule has 0 bridgehead atoms. The zero-order valence-electron chi connectivity index (χ0n) is 19.1. The van der Waals surface area contributed by atoms with Gasteiger partial charge >= 0.3 is 0 Å². The second-order valence-corrected chi connectivity index (χ2v) is 8.07. The van der Waals surface area contributed by atoms with E-state index in [1.54, 1.807) is 21.3 Å². The first-order valence-electron chi connectivity index (χ1n) is 10.8. The number of fused-ring (bicyclic) bond motifs is 2. The number of hydrogen-bond acceptors (Lipinski definition) is 7. The maximum Gasteiger partial charge on any atom is 0.231 e. The van der Waals surface area contributed by atoms with Crippen LogP contribution in [0.5, 0.6) is 34.5 Å². The Morgan fingerprint density at radius 3 is 2.27 bits per heavy atom. The van der Waals surface area contributed by atoms with Gasteiger partial charge in [0.25, 0.3) is 0 Å². The van der Waals surface area contributed by atoms with Gasteiger partial charge in [-0.25, -0.2) is 0 Å². The van der Waals surface area contributed by atoms with Crippen molar-refractivity contribution in [3.05, 3.63) is 65.7 Å². The highest BCUT2D eigenvalue weighted by molar-refractivity contribution is 5.60. The van der Waals surface area contributed by atoms with E-state index in [1.807, 2.05) is 48.5 Å². The van der Waals surface area contributed by atoms with E-state index in [2.05, 4.69) is 18.3 Å². The van der Waals surface area contributed by atoms with Crippen LogP contribution in [-0.4, -0.2) is 34.4 Å². The minimum Gasteiger partial charge on any atom is -0.497 e. The fourth-order valence-electron chi connectivity index (χ4n) is 4.61. The van der Waals surface area contributed by atoms with Gasteiger partial charge in [-0.3, -0.25) is 0 Å². The lowest BCUT2D eigenvalue weighted by atomic mass is 9.78. The summed E-state index contributed by atoms with van der Waals surface area (Å²) in [6.07, 6.45) is -0.299. The van der Waals surface area contributed by atoms with Gasteiger partial charge in [0.2, 0.25) is 6.79 Å². The second kappa shape index (κ2) is 8.65. The van der Waals surface area contributed by atoms with E-state index < -0.39 is 0 Å². The van der Waals surface area contributed by atoms with Crippen molar-refractivity contribution in [1.29, 1.82) is 0 Å². The summed E-state index contributed by atoms with van der Waals surface area (Å²) in [7, 11) is 4.97. The largest absolute Gasteiger partial charge is 0.497 e. The first-order chi connectivity index (χ1) is 16.1. The number of para-hydroxylation sites is 1. The molecule has 2 heterocycles. The number of ether oxygens (including phenoxy) is 6. The number of methoxy groups -OCH3 is 3. The van der Waals surface area contributed by atoms with Gasteiger partial charge in [-0.05, 0) is 36.4 Å². The lowest BCUT2D eigenvalue weighted by molar-refractivity contribution is 0.133. The molecule has 0 aliphatic carbocycles. The lowest BCUT2D eigenvalue weighted by Gasteiger charge is -2.39. The van der Waals surface area contributed by atoms with Crippen LogP contribution in [0.15, 0.2) is 54.6 Å². The minimum absolute atomic E-state index is 0.0379. The van der Waals surface area contributed by atoms with Crippen molar-refractivity contribution in [3.63, 3.8) is 0 Å². The Labute approximate surface area is 193 Å². The topological polar surface area (TPSA) is 67.4 Å². The first-order valence-corrected chi connectivity index (χ1v) is 10.8. The lowest BCUT2D eigenvalue weighted by Crippen LogP contribution is -2.40. The fraction of sp³-hybridized carbons (Fsp3) is 0.308. The summed E-state index contributed by atoms with van der Waals surface area (Å²) < 4.78 is 34.4. The number of rotatable bonds is 6. The maximum absolute atomic E-state index is 6.46. The molecular formula is C26H27NO6. The number of benzene rings is 3. The Kier molecular flexibility index (Phi) is 5.54. The Hall–Kier alpha value is -3.74. The second-order valence-electron chi connectivity index (χ2n) is 8.07. The van der Waals surface area contributed by atoms with Gasteiger partial charge in [-0.2, -0.15) is 0 Å². The van der Waals surface area contributed by atoms with E-state index in [4.69, 9.17) is 28.4 Å². The zero-order valence-corrected chi connectivity index (χ0v) is 19.1.